The number of carbonyl (C=O) groups excluding carboxylic acids is 1. The number of furan rings is 1. The Morgan fingerprint density at radius 1 is 1.43 bits per heavy atom. The van der Waals surface area contributed by atoms with Gasteiger partial charge in [0.1, 0.15) is 5.76 Å². The van der Waals surface area contributed by atoms with Gasteiger partial charge in [0, 0.05) is 16.7 Å². The van der Waals surface area contributed by atoms with Crippen LogP contribution in [0.5, 0.6) is 0 Å². The Morgan fingerprint density at radius 2 is 2.29 bits per heavy atom. The molecular formula is C16H17BrN2O2. The van der Waals surface area contributed by atoms with Crippen molar-refractivity contribution in [3.63, 3.8) is 0 Å². The summed E-state index contributed by atoms with van der Waals surface area (Å²) >= 11 is 3.46. The van der Waals surface area contributed by atoms with E-state index in [0.29, 0.717) is 0 Å². The van der Waals surface area contributed by atoms with Crippen LogP contribution in [0, 0.1) is 6.92 Å². The SMILES string of the molecule is Cc1cc(NC(=O)N2CCC[C@@H]2c2ccco2)ccc1Br. The van der Waals surface area contributed by atoms with Crippen molar-refractivity contribution in [2.45, 2.75) is 25.8 Å². The van der Waals surface area contributed by atoms with Crippen molar-refractivity contribution in [1.82, 2.24) is 4.90 Å². The Morgan fingerprint density at radius 3 is 3.00 bits per heavy atom. The topological polar surface area (TPSA) is 45.5 Å². The number of benzene rings is 1. The molecule has 1 atom stereocenters. The maximum atomic E-state index is 12.5. The first-order chi connectivity index (χ1) is 10.1. The monoisotopic (exact) mass is 348 g/mol. The zero-order valence-electron chi connectivity index (χ0n) is 11.8. The molecule has 4 nitrogen and oxygen atoms in total. The highest BCUT2D eigenvalue weighted by molar-refractivity contribution is 9.10. The summed E-state index contributed by atoms with van der Waals surface area (Å²) in [6.45, 7) is 2.76. The molecule has 2 amide bonds. The largest absolute Gasteiger partial charge is 0.467 e. The number of hydrogen-bond acceptors (Lipinski definition) is 2. The van der Waals surface area contributed by atoms with Crippen LogP contribution in [0.3, 0.4) is 0 Å². The van der Waals surface area contributed by atoms with Gasteiger partial charge >= 0.3 is 6.03 Å². The second kappa shape index (κ2) is 5.93. The van der Waals surface area contributed by atoms with Gasteiger partial charge in [-0.05, 0) is 55.7 Å². The highest BCUT2D eigenvalue weighted by atomic mass is 79.9. The lowest BCUT2D eigenvalue weighted by Crippen LogP contribution is -2.34. The molecule has 1 fully saturated rings. The molecule has 0 spiro atoms. The van der Waals surface area contributed by atoms with Gasteiger partial charge in [-0.15, -0.1) is 0 Å². The van der Waals surface area contributed by atoms with Gasteiger partial charge in [0.25, 0.3) is 0 Å². The van der Waals surface area contributed by atoms with Gasteiger partial charge in [-0.3, -0.25) is 0 Å². The van der Waals surface area contributed by atoms with Crippen molar-refractivity contribution in [3.05, 3.63) is 52.4 Å². The molecule has 110 valence electrons. The van der Waals surface area contributed by atoms with Crippen LogP contribution in [0.1, 0.15) is 30.2 Å². The first-order valence-corrected chi connectivity index (χ1v) is 7.81. The zero-order chi connectivity index (χ0) is 14.8. The summed E-state index contributed by atoms with van der Waals surface area (Å²) in [6.07, 6.45) is 3.60. The van der Waals surface area contributed by atoms with Gasteiger partial charge in [-0.25, -0.2) is 4.79 Å². The first-order valence-electron chi connectivity index (χ1n) is 7.02. The van der Waals surface area contributed by atoms with Crippen LogP contribution in [-0.4, -0.2) is 17.5 Å². The van der Waals surface area contributed by atoms with Crippen LogP contribution in [0.4, 0.5) is 10.5 Å². The van der Waals surface area contributed by atoms with E-state index in [1.165, 1.54) is 0 Å². The Balaban J connectivity index is 1.73. The van der Waals surface area contributed by atoms with E-state index >= 15 is 0 Å². The van der Waals surface area contributed by atoms with E-state index in [2.05, 4.69) is 21.2 Å². The van der Waals surface area contributed by atoms with Crippen molar-refractivity contribution < 1.29 is 9.21 Å². The van der Waals surface area contributed by atoms with Gasteiger partial charge in [-0.1, -0.05) is 15.9 Å². The maximum Gasteiger partial charge on any atom is 0.322 e. The fraction of sp³-hybridized carbons (Fsp3) is 0.312. The van der Waals surface area contributed by atoms with E-state index in [0.717, 1.165) is 40.9 Å². The number of aryl methyl sites for hydroxylation is 1. The van der Waals surface area contributed by atoms with Crippen LogP contribution in [0.2, 0.25) is 0 Å². The van der Waals surface area contributed by atoms with E-state index in [9.17, 15) is 4.79 Å². The summed E-state index contributed by atoms with van der Waals surface area (Å²) in [6, 6.07) is 9.56. The fourth-order valence-electron chi connectivity index (χ4n) is 2.70. The van der Waals surface area contributed by atoms with E-state index in [1.807, 2.05) is 42.2 Å². The van der Waals surface area contributed by atoms with Gasteiger partial charge in [0.15, 0.2) is 0 Å². The van der Waals surface area contributed by atoms with Crippen LogP contribution in [-0.2, 0) is 0 Å². The minimum absolute atomic E-state index is 0.0385. The van der Waals surface area contributed by atoms with Crippen LogP contribution >= 0.6 is 15.9 Å². The smallest absolute Gasteiger partial charge is 0.322 e. The molecular weight excluding hydrogens is 332 g/mol. The summed E-state index contributed by atoms with van der Waals surface area (Å²) in [5, 5.41) is 2.97. The number of rotatable bonds is 2. The second-order valence-electron chi connectivity index (χ2n) is 5.26. The lowest BCUT2D eigenvalue weighted by molar-refractivity contribution is 0.200. The number of carbonyl (C=O) groups is 1. The van der Waals surface area contributed by atoms with Crippen LogP contribution in [0.15, 0.2) is 45.5 Å². The Bertz CT molecular complexity index is 640. The third-order valence-corrected chi connectivity index (χ3v) is 4.68. The highest BCUT2D eigenvalue weighted by Crippen LogP contribution is 2.32. The lowest BCUT2D eigenvalue weighted by atomic mass is 10.2. The van der Waals surface area contributed by atoms with Crippen LogP contribution < -0.4 is 5.32 Å². The van der Waals surface area contributed by atoms with Gasteiger partial charge in [0.05, 0.1) is 12.3 Å². The average molecular weight is 349 g/mol. The quantitative estimate of drug-likeness (QED) is 0.853. The average Bonchev–Trinajstić information content (AvgIpc) is 3.12. The first kappa shape index (κ1) is 14.2. The van der Waals surface area contributed by atoms with E-state index in [-0.39, 0.29) is 12.1 Å². The number of urea groups is 1. The molecule has 2 aromatic rings. The Labute approximate surface area is 132 Å². The van der Waals surface area contributed by atoms with E-state index in [1.54, 1.807) is 6.26 Å². The normalized spacial score (nSPS) is 18.0. The number of anilines is 1. The predicted molar refractivity (Wildman–Crippen MR) is 85.3 cm³/mol. The van der Waals surface area contributed by atoms with E-state index < -0.39 is 0 Å². The zero-order valence-corrected chi connectivity index (χ0v) is 13.4. The molecule has 1 aliphatic heterocycles. The summed E-state index contributed by atoms with van der Waals surface area (Å²) in [5.41, 5.74) is 1.91. The lowest BCUT2D eigenvalue weighted by Gasteiger charge is -2.23. The number of amides is 2. The molecule has 1 aromatic heterocycles. The predicted octanol–water partition coefficient (Wildman–Crippen LogP) is 4.72. The van der Waals surface area contributed by atoms with Gasteiger partial charge in [0.2, 0.25) is 0 Å². The third-order valence-electron chi connectivity index (χ3n) is 3.79. The summed E-state index contributed by atoms with van der Waals surface area (Å²) in [4.78, 5) is 14.3. The number of hydrogen-bond donors (Lipinski definition) is 1. The molecule has 5 heteroatoms. The van der Waals surface area contributed by atoms with Crippen molar-refractivity contribution in [2.75, 3.05) is 11.9 Å². The number of halogens is 1. The van der Waals surface area contributed by atoms with Crippen molar-refractivity contribution in [1.29, 1.82) is 0 Å². The molecule has 0 radical (unpaired) electrons. The number of nitrogens with zero attached hydrogens (tertiary/aromatic N) is 1. The van der Waals surface area contributed by atoms with Gasteiger partial charge < -0.3 is 14.6 Å². The Kier molecular flexibility index (Phi) is 4.01. The number of likely N-dealkylation sites (tertiary alicyclic amines) is 1. The van der Waals surface area contributed by atoms with Crippen molar-refractivity contribution >= 4 is 27.6 Å². The fourth-order valence-corrected chi connectivity index (χ4v) is 2.95. The minimum Gasteiger partial charge on any atom is -0.467 e. The number of nitrogens with one attached hydrogen (secondary N) is 1. The molecule has 2 heterocycles. The molecule has 0 saturated carbocycles. The molecule has 1 aliphatic rings. The minimum atomic E-state index is -0.0735. The summed E-state index contributed by atoms with van der Waals surface area (Å²) in [7, 11) is 0. The molecule has 21 heavy (non-hydrogen) atoms. The molecule has 3 rings (SSSR count). The maximum absolute atomic E-state index is 12.5. The van der Waals surface area contributed by atoms with Crippen molar-refractivity contribution in [3.8, 4) is 0 Å². The highest BCUT2D eigenvalue weighted by Gasteiger charge is 2.31. The summed E-state index contributed by atoms with van der Waals surface area (Å²) in [5.74, 6) is 0.856. The van der Waals surface area contributed by atoms with Crippen LogP contribution in [0.25, 0.3) is 0 Å². The molecule has 1 aromatic carbocycles. The van der Waals surface area contributed by atoms with Crippen molar-refractivity contribution in [2.24, 2.45) is 0 Å². The van der Waals surface area contributed by atoms with E-state index in [4.69, 9.17) is 4.42 Å². The molecule has 0 aliphatic carbocycles. The third kappa shape index (κ3) is 2.97. The molecule has 0 unspecified atom stereocenters. The standard InChI is InChI=1S/C16H17BrN2O2/c1-11-10-12(6-7-13(11)17)18-16(20)19-8-2-4-14(19)15-5-3-9-21-15/h3,5-7,9-10,14H,2,4,8H2,1H3,(H,18,20)/t14-/m1/s1. The summed E-state index contributed by atoms with van der Waals surface area (Å²) < 4.78 is 6.49. The Hall–Kier alpha value is -1.75. The molecule has 1 N–H and O–H groups in total. The molecule has 1 saturated heterocycles. The molecule has 0 bridgehead atoms. The van der Waals surface area contributed by atoms with Gasteiger partial charge in [-0.2, -0.15) is 0 Å². The second-order valence-corrected chi connectivity index (χ2v) is 6.12.